The van der Waals surface area contributed by atoms with Gasteiger partial charge in [0.2, 0.25) is 10.0 Å². The summed E-state index contributed by atoms with van der Waals surface area (Å²) < 4.78 is 49.3. The molecule has 0 fully saturated rings. The number of nitrogens with two attached hydrogens (primary N) is 1. The lowest BCUT2D eigenvalue weighted by molar-refractivity contribution is -0.144. The first kappa shape index (κ1) is 17.2. The summed E-state index contributed by atoms with van der Waals surface area (Å²) >= 11 is 0. The van der Waals surface area contributed by atoms with Gasteiger partial charge in [-0.3, -0.25) is 4.79 Å². The Bertz CT molecular complexity index is 610. The van der Waals surface area contributed by atoms with E-state index in [2.05, 4.69) is 9.46 Å². The molecular weight excluding hydrogens is 303 g/mol. The number of halogens is 1. The van der Waals surface area contributed by atoms with Crippen molar-refractivity contribution in [3.05, 3.63) is 17.9 Å². The number of nitrogen functional groups attached to an aromatic ring is 1. The average molecular weight is 320 g/mol. The van der Waals surface area contributed by atoms with Crippen LogP contribution < -0.4 is 15.2 Å². The standard InChI is InChI=1S/C12H17FN2O5S/c1-4-20-12(16)7(2)15-21(17,18)8-5-9(13)11(19-3)10(14)6-8/h5-7,15H,4,14H2,1-3H3. The number of carbonyl (C=O) groups is 1. The number of nitrogens with one attached hydrogen (secondary N) is 1. The zero-order valence-corrected chi connectivity index (χ0v) is 12.7. The fourth-order valence-electron chi connectivity index (χ4n) is 1.58. The molecule has 3 N–H and O–H groups in total. The van der Waals surface area contributed by atoms with Gasteiger partial charge in [-0.25, -0.2) is 12.8 Å². The monoisotopic (exact) mass is 320 g/mol. The summed E-state index contributed by atoms with van der Waals surface area (Å²) in [5.74, 6) is -1.89. The molecule has 7 nitrogen and oxygen atoms in total. The molecule has 0 radical (unpaired) electrons. The molecule has 21 heavy (non-hydrogen) atoms. The van der Waals surface area contributed by atoms with Gasteiger partial charge in [-0.05, 0) is 26.0 Å². The number of rotatable bonds is 6. The van der Waals surface area contributed by atoms with E-state index in [-0.39, 0.29) is 18.0 Å². The number of hydrogen-bond acceptors (Lipinski definition) is 6. The fraction of sp³-hybridized carbons (Fsp3) is 0.417. The van der Waals surface area contributed by atoms with Crippen molar-refractivity contribution in [1.29, 1.82) is 0 Å². The Balaban J connectivity index is 3.06. The fourth-order valence-corrected chi connectivity index (χ4v) is 2.81. The second-order valence-electron chi connectivity index (χ2n) is 4.12. The van der Waals surface area contributed by atoms with E-state index < -0.39 is 32.7 Å². The van der Waals surface area contributed by atoms with Gasteiger partial charge in [-0.2, -0.15) is 4.72 Å². The highest BCUT2D eigenvalue weighted by Gasteiger charge is 2.25. The van der Waals surface area contributed by atoms with E-state index in [1.807, 2.05) is 0 Å². The Labute approximate surface area is 122 Å². The van der Waals surface area contributed by atoms with Gasteiger partial charge in [0.15, 0.2) is 11.6 Å². The van der Waals surface area contributed by atoms with Crippen molar-refractivity contribution in [1.82, 2.24) is 4.72 Å². The highest BCUT2D eigenvalue weighted by Crippen LogP contribution is 2.28. The number of hydrogen-bond donors (Lipinski definition) is 2. The van der Waals surface area contributed by atoms with Gasteiger partial charge in [0.05, 0.1) is 24.3 Å². The van der Waals surface area contributed by atoms with Gasteiger partial charge < -0.3 is 15.2 Å². The molecule has 0 heterocycles. The Morgan fingerprint density at radius 1 is 1.48 bits per heavy atom. The normalized spacial score (nSPS) is 12.8. The minimum atomic E-state index is -4.12. The van der Waals surface area contributed by atoms with Crippen molar-refractivity contribution < 1.29 is 27.1 Å². The number of sulfonamides is 1. The van der Waals surface area contributed by atoms with Crippen LogP contribution in [0.15, 0.2) is 17.0 Å². The van der Waals surface area contributed by atoms with Crippen molar-refractivity contribution in [2.75, 3.05) is 19.5 Å². The molecule has 0 aromatic heterocycles. The number of benzene rings is 1. The molecule has 0 aliphatic carbocycles. The zero-order chi connectivity index (χ0) is 16.2. The third-order valence-electron chi connectivity index (χ3n) is 2.53. The summed E-state index contributed by atoms with van der Waals surface area (Å²) in [6.45, 7) is 3.03. The Morgan fingerprint density at radius 2 is 2.10 bits per heavy atom. The molecule has 118 valence electrons. The van der Waals surface area contributed by atoms with Gasteiger partial charge in [-0.1, -0.05) is 0 Å². The lowest BCUT2D eigenvalue weighted by Crippen LogP contribution is -2.39. The number of esters is 1. The number of methoxy groups -OCH3 is 1. The van der Waals surface area contributed by atoms with E-state index in [0.717, 1.165) is 12.1 Å². The van der Waals surface area contributed by atoms with E-state index >= 15 is 0 Å². The molecule has 1 aromatic carbocycles. The molecular formula is C12H17FN2O5S. The Morgan fingerprint density at radius 3 is 2.57 bits per heavy atom. The van der Waals surface area contributed by atoms with Crippen LogP contribution in [0.2, 0.25) is 0 Å². The first-order chi connectivity index (χ1) is 9.72. The van der Waals surface area contributed by atoms with E-state index in [1.54, 1.807) is 6.92 Å². The minimum absolute atomic E-state index is 0.120. The predicted octanol–water partition coefficient (Wildman–Crippen LogP) is 0.646. The van der Waals surface area contributed by atoms with Crippen LogP contribution in [-0.4, -0.2) is 34.1 Å². The van der Waals surface area contributed by atoms with Gasteiger partial charge in [0.25, 0.3) is 0 Å². The second kappa shape index (κ2) is 6.72. The lowest BCUT2D eigenvalue weighted by atomic mass is 10.3. The predicted molar refractivity (Wildman–Crippen MR) is 73.8 cm³/mol. The quantitative estimate of drug-likeness (QED) is 0.588. The highest BCUT2D eigenvalue weighted by atomic mass is 32.2. The number of anilines is 1. The Hall–Kier alpha value is -1.87. The summed E-state index contributed by atoms with van der Waals surface area (Å²) in [6.07, 6.45) is 0. The van der Waals surface area contributed by atoms with Crippen molar-refractivity contribution in [3.8, 4) is 5.75 Å². The van der Waals surface area contributed by atoms with E-state index in [1.165, 1.54) is 14.0 Å². The van der Waals surface area contributed by atoms with Gasteiger partial charge in [-0.15, -0.1) is 0 Å². The molecule has 0 bridgehead atoms. The molecule has 0 saturated carbocycles. The van der Waals surface area contributed by atoms with Crippen LogP contribution in [0.1, 0.15) is 13.8 Å². The Kier molecular flexibility index (Phi) is 5.50. The van der Waals surface area contributed by atoms with Crippen LogP contribution >= 0.6 is 0 Å². The molecule has 0 amide bonds. The lowest BCUT2D eigenvalue weighted by Gasteiger charge is -2.14. The summed E-state index contributed by atoms with van der Waals surface area (Å²) in [5.41, 5.74) is 5.35. The molecule has 1 aromatic rings. The van der Waals surface area contributed by atoms with Crippen LogP contribution in [-0.2, 0) is 19.6 Å². The first-order valence-electron chi connectivity index (χ1n) is 6.05. The average Bonchev–Trinajstić information content (AvgIpc) is 2.38. The van der Waals surface area contributed by atoms with Gasteiger partial charge in [0, 0.05) is 0 Å². The third kappa shape index (κ3) is 4.05. The molecule has 1 rings (SSSR count). The summed E-state index contributed by atoms with van der Waals surface area (Å²) in [6, 6.07) is 0.693. The third-order valence-corrected chi connectivity index (χ3v) is 4.05. The molecule has 0 spiro atoms. The summed E-state index contributed by atoms with van der Waals surface area (Å²) in [5, 5.41) is 0. The van der Waals surface area contributed by atoms with E-state index in [0.29, 0.717) is 0 Å². The molecule has 0 saturated heterocycles. The van der Waals surface area contributed by atoms with Crippen molar-refractivity contribution in [2.45, 2.75) is 24.8 Å². The zero-order valence-electron chi connectivity index (χ0n) is 11.8. The maximum absolute atomic E-state index is 13.7. The number of ether oxygens (including phenoxy) is 2. The maximum atomic E-state index is 13.7. The molecule has 1 atom stereocenters. The summed E-state index contributed by atoms with van der Waals surface area (Å²) in [7, 11) is -2.91. The van der Waals surface area contributed by atoms with E-state index in [9.17, 15) is 17.6 Å². The molecule has 1 unspecified atom stereocenters. The maximum Gasteiger partial charge on any atom is 0.323 e. The van der Waals surface area contributed by atoms with Crippen LogP contribution in [0.5, 0.6) is 5.75 Å². The van der Waals surface area contributed by atoms with Gasteiger partial charge in [0.1, 0.15) is 6.04 Å². The van der Waals surface area contributed by atoms with Crippen molar-refractivity contribution >= 4 is 21.7 Å². The summed E-state index contributed by atoms with van der Waals surface area (Å²) in [4.78, 5) is 11.0. The highest BCUT2D eigenvalue weighted by molar-refractivity contribution is 7.89. The smallest absolute Gasteiger partial charge is 0.323 e. The van der Waals surface area contributed by atoms with E-state index in [4.69, 9.17) is 10.5 Å². The minimum Gasteiger partial charge on any atom is -0.492 e. The van der Waals surface area contributed by atoms with Crippen LogP contribution in [0.4, 0.5) is 10.1 Å². The molecule has 0 aliphatic heterocycles. The molecule has 0 aliphatic rings. The second-order valence-corrected chi connectivity index (χ2v) is 5.84. The van der Waals surface area contributed by atoms with Crippen LogP contribution in [0.3, 0.4) is 0 Å². The first-order valence-corrected chi connectivity index (χ1v) is 7.53. The van der Waals surface area contributed by atoms with Crippen LogP contribution in [0.25, 0.3) is 0 Å². The van der Waals surface area contributed by atoms with Crippen LogP contribution in [0, 0.1) is 5.82 Å². The van der Waals surface area contributed by atoms with Gasteiger partial charge >= 0.3 is 5.97 Å². The van der Waals surface area contributed by atoms with Crippen molar-refractivity contribution in [3.63, 3.8) is 0 Å². The topological polar surface area (TPSA) is 108 Å². The molecule has 9 heteroatoms. The SMILES string of the molecule is CCOC(=O)C(C)NS(=O)(=O)c1cc(N)c(OC)c(F)c1. The largest absolute Gasteiger partial charge is 0.492 e. The van der Waals surface area contributed by atoms with Crippen molar-refractivity contribution in [2.24, 2.45) is 0 Å². The number of carbonyl (C=O) groups excluding carboxylic acids is 1.